The highest BCUT2D eigenvalue weighted by molar-refractivity contribution is 5.71. The van der Waals surface area contributed by atoms with Crippen LogP contribution in [0.3, 0.4) is 0 Å². The number of hydrogen-bond donors (Lipinski definition) is 0. The lowest BCUT2D eigenvalue weighted by Gasteiger charge is -2.18. The van der Waals surface area contributed by atoms with Crippen molar-refractivity contribution in [3.8, 4) is 0 Å². The normalized spacial score (nSPS) is 12.5. The number of hydrogen-bond acceptors (Lipinski definition) is 6. The summed E-state index contributed by atoms with van der Waals surface area (Å²) in [4.78, 5) is 38.2. The number of carbonyl (C=O) groups excluding carboxylic acids is 3. The van der Waals surface area contributed by atoms with Gasteiger partial charge in [-0.05, 0) is 103 Å². The first-order valence-corrected chi connectivity index (χ1v) is 34.4. The van der Waals surface area contributed by atoms with Crippen molar-refractivity contribution < 1.29 is 28.6 Å². The quantitative estimate of drug-likeness (QED) is 0.0261. The Morgan fingerprint density at radius 2 is 0.506 bits per heavy atom. The minimum Gasteiger partial charge on any atom is -0.462 e. The highest BCUT2D eigenvalue weighted by Crippen LogP contribution is 2.18. The van der Waals surface area contributed by atoms with Gasteiger partial charge in [-0.2, -0.15) is 0 Å². The molecule has 0 bridgehead atoms. The molecule has 6 heteroatoms. The lowest BCUT2D eigenvalue weighted by molar-refractivity contribution is -0.167. The SMILES string of the molecule is CC/C=C\C/C=C\C/C=C\C/C=C\CCCCCCCCCCCCCCCCCCCCCCCCC(=O)OCC(COC(=O)CCCCCCC/C=C\CCCC)OC(=O)CCCCCCC/C=C\CCCCCCCC. The topological polar surface area (TPSA) is 78.9 Å². The highest BCUT2D eigenvalue weighted by atomic mass is 16.6. The largest absolute Gasteiger partial charge is 0.462 e. The summed E-state index contributed by atoms with van der Waals surface area (Å²) in [5, 5.41) is 0. The number of ether oxygens (including phenoxy) is 3. The van der Waals surface area contributed by atoms with Gasteiger partial charge in [0, 0.05) is 19.3 Å². The lowest BCUT2D eigenvalue weighted by Crippen LogP contribution is -2.30. The number of carbonyl (C=O) groups is 3. The van der Waals surface area contributed by atoms with Crippen molar-refractivity contribution in [1.82, 2.24) is 0 Å². The van der Waals surface area contributed by atoms with Crippen LogP contribution in [-0.2, 0) is 28.6 Å². The zero-order valence-electron chi connectivity index (χ0n) is 52.6. The summed E-state index contributed by atoms with van der Waals surface area (Å²) in [5.41, 5.74) is 0. The predicted octanol–water partition coefficient (Wildman–Crippen LogP) is 23.7. The van der Waals surface area contributed by atoms with E-state index in [1.807, 2.05) is 0 Å². The Morgan fingerprint density at radius 3 is 0.823 bits per heavy atom. The average Bonchev–Trinajstić information content (AvgIpc) is 3.45. The molecule has 0 aliphatic heterocycles. The van der Waals surface area contributed by atoms with E-state index in [1.165, 1.54) is 218 Å². The molecule has 0 aliphatic carbocycles. The van der Waals surface area contributed by atoms with Crippen LogP contribution in [0.5, 0.6) is 0 Å². The first kappa shape index (κ1) is 75.8. The maximum absolute atomic E-state index is 12.9. The van der Waals surface area contributed by atoms with Crippen molar-refractivity contribution in [3.63, 3.8) is 0 Å². The lowest BCUT2D eigenvalue weighted by atomic mass is 10.0. The summed E-state index contributed by atoms with van der Waals surface area (Å²) in [6, 6.07) is 0. The van der Waals surface area contributed by atoms with Crippen LogP contribution in [0, 0.1) is 0 Å². The molecule has 0 heterocycles. The van der Waals surface area contributed by atoms with E-state index in [1.54, 1.807) is 0 Å². The molecule has 458 valence electrons. The van der Waals surface area contributed by atoms with E-state index in [9.17, 15) is 14.4 Å². The maximum atomic E-state index is 12.9. The van der Waals surface area contributed by atoms with Crippen LogP contribution in [0.2, 0.25) is 0 Å². The molecule has 0 aliphatic rings. The van der Waals surface area contributed by atoms with Gasteiger partial charge >= 0.3 is 17.9 Å². The number of esters is 3. The van der Waals surface area contributed by atoms with Gasteiger partial charge in [0.2, 0.25) is 0 Å². The van der Waals surface area contributed by atoms with Crippen molar-refractivity contribution >= 4 is 17.9 Å². The Hall–Kier alpha value is -3.15. The van der Waals surface area contributed by atoms with Crippen molar-refractivity contribution in [2.45, 2.75) is 361 Å². The summed E-state index contributed by atoms with van der Waals surface area (Å²) in [6.07, 6.45) is 88.1. The molecule has 1 unspecified atom stereocenters. The summed E-state index contributed by atoms with van der Waals surface area (Å²) < 4.78 is 16.9. The fourth-order valence-corrected chi connectivity index (χ4v) is 10.0. The number of unbranched alkanes of at least 4 members (excludes halogenated alkanes) is 40. The Morgan fingerprint density at radius 1 is 0.266 bits per heavy atom. The van der Waals surface area contributed by atoms with E-state index in [4.69, 9.17) is 14.2 Å². The first-order valence-electron chi connectivity index (χ1n) is 34.4. The molecule has 0 N–H and O–H groups in total. The zero-order chi connectivity index (χ0) is 57.1. The molecule has 0 aromatic heterocycles. The smallest absolute Gasteiger partial charge is 0.306 e. The molecule has 0 spiro atoms. The van der Waals surface area contributed by atoms with E-state index in [0.29, 0.717) is 19.3 Å². The monoisotopic (exact) mass is 1100 g/mol. The average molecular weight is 1100 g/mol. The Labute approximate surface area is 491 Å². The second-order valence-electron chi connectivity index (χ2n) is 23.1. The van der Waals surface area contributed by atoms with Gasteiger partial charge in [-0.15, -0.1) is 0 Å². The molecule has 1 atom stereocenters. The summed E-state index contributed by atoms with van der Waals surface area (Å²) in [6.45, 7) is 6.51. The van der Waals surface area contributed by atoms with E-state index in [0.717, 1.165) is 96.3 Å². The number of allylic oxidation sites excluding steroid dienone is 12. The van der Waals surface area contributed by atoms with Crippen molar-refractivity contribution in [3.05, 3.63) is 72.9 Å². The van der Waals surface area contributed by atoms with Gasteiger partial charge in [0.25, 0.3) is 0 Å². The molecule has 79 heavy (non-hydrogen) atoms. The molecule has 0 fully saturated rings. The molecule has 0 rings (SSSR count). The van der Waals surface area contributed by atoms with Gasteiger partial charge in [-0.3, -0.25) is 14.4 Å². The summed E-state index contributed by atoms with van der Waals surface area (Å²) >= 11 is 0. The molecular formula is C73H130O6. The van der Waals surface area contributed by atoms with Gasteiger partial charge in [-0.1, -0.05) is 306 Å². The maximum Gasteiger partial charge on any atom is 0.306 e. The second-order valence-corrected chi connectivity index (χ2v) is 23.1. The van der Waals surface area contributed by atoms with E-state index in [-0.39, 0.29) is 31.1 Å². The molecule has 6 nitrogen and oxygen atoms in total. The third kappa shape index (κ3) is 65.5. The Bertz CT molecular complexity index is 1450. The van der Waals surface area contributed by atoms with Gasteiger partial charge in [0.05, 0.1) is 0 Å². The molecule has 0 aromatic rings. The minimum absolute atomic E-state index is 0.0764. The Balaban J connectivity index is 4.04. The van der Waals surface area contributed by atoms with Gasteiger partial charge in [-0.25, -0.2) is 0 Å². The van der Waals surface area contributed by atoms with Crippen molar-refractivity contribution in [1.29, 1.82) is 0 Å². The van der Waals surface area contributed by atoms with E-state index < -0.39 is 6.10 Å². The molecule has 0 aromatic carbocycles. The first-order chi connectivity index (χ1) is 39.0. The van der Waals surface area contributed by atoms with Gasteiger partial charge in [0.15, 0.2) is 6.10 Å². The van der Waals surface area contributed by atoms with Crippen LogP contribution in [-0.4, -0.2) is 37.2 Å². The third-order valence-electron chi connectivity index (χ3n) is 15.2. The summed E-state index contributed by atoms with van der Waals surface area (Å²) in [5.74, 6) is -0.877. The summed E-state index contributed by atoms with van der Waals surface area (Å²) in [7, 11) is 0. The Kier molecular flexibility index (Phi) is 64.7. The fraction of sp³-hybridized carbons (Fsp3) is 0.795. The van der Waals surface area contributed by atoms with Crippen molar-refractivity contribution in [2.24, 2.45) is 0 Å². The predicted molar refractivity (Wildman–Crippen MR) is 344 cm³/mol. The van der Waals surface area contributed by atoms with Crippen LogP contribution < -0.4 is 0 Å². The van der Waals surface area contributed by atoms with Crippen LogP contribution in [0.4, 0.5) is 0 Å². The van der Waals surface area contributed by atoms with Crippen LogP contribution in [0.25, 0.3) is 0 Å². The van der Waals surface area contributed by atoms with E-state index >= 15 is 0 Å². The molecule has 0 radical (unpaired) electrons. The zero-order valence-corrected chi connectivity index (χ0v) is 52.6. The molecule has 0 amide bonds. The third-order valence-corrected chi connectivity index (χ3v) is 15.2. The van der Waals surface area contributed by atoms with E-state index in [2.05, 4.69) is 93.7 Å². The van der Waals surface area contributed by atoms with Crippen molar-refractivity contribution in [2.75, 3.05) is 13.2 Å². The molecule has 0 saturated carbocycles. The standard InChI is InChI=1S/C73H130O6/c1-4-7-10-13-16-19-22-24-26-27-28-29-30-31-32-33-34-35-36-37-38-39-40-41-42-43-44-45-47-48-51-54-57-60-63-66-72(75)78-69-70(68-77-71(74)65-62-59-56-53-50-21-18-15-12-9-6-3)79-73(76)67-64-61-58-55-52-49-46-25-23-20-17-14-11-8-5-2/h7,10,15-16,18-19,24-26,28-29,46,70H,4-6,8-9,11-14,17,20-23,27,30-45,47-69H2,1-3H3/b10-7-,18-15-,19-16-,26-24-,29-28-,46-25-. The van der Waals surface area contributed by atoms with Crippen LogP contribution >= 0.6 is 0 Å². The fourth-order valence-electron chi connectivity index (χ4n) is 10.0. The highest BCUT2D eigenvalue weighted by Gasteiger charge is 2.19. The van der Waals surface area contributed by atoms with Crippen LogP contribution in [0.15, 0.2) is 72.9 Å². The van der Waals surface area contributed by atoms with Gasteiger partial charge in [0.1, 0.15) is 13.2 Å². The molecular weight excluding hydrogens is 973 g/mol. The minimum atomic E-state index is -0.780. The second kappa shape index (κ2) is 67.4. The number of rotatable bonds is 63. The van der Waals surface area contributed by atoms with Crippen LogP contribution in [0.1, 0.15) is 355 Å². The van der Waals surface area contributed by atoms with Gasteiger partial charge < -0.3 is 14.2 Å². The molecule has 0 saturated heterocycles.